The van der Waals surface area contributed by atoms with Crippen LogP contribution in [0.1, 0.15) is 136 Å². The van der Waals surface area contributed by atoms with E-state index in [0.29, 0.717) is 6.42 Å². The Morgan fingerprint density at radius 3 is 1.93 bits per heavy atom. The zero-order valence-electron chi connectivity index (χ0n) is 25.3. The van der Waals surface area contributed by atoms with Gasteiger partial charge in [-0.2, -0.15) is 0 Å². The molecule has 0 aliphatic rings. The van der Waals surface area contributed by atoms with E-state index in [1.54, 1.807) is 0 Å². The van der Waals surface area contributed by atoms with Gasteiger partial charge in [0.2, 0.25) is 5.91 Å². The van der Waals surface area contributed by atoms with E-state index in [1.807, 2.05) is 0 Å². The number of rotatable bonds is 29. The van der Waals surface area contributed by atoms with E-state index in [1.165, 1.54) is 57.8 Å². The Labute approximate surface area is 243 Å². The summed E-state index contributed by atoms with van der Waals surface area (Å²) in [4.78, 5) is 33.4. The van der Waals surface area contributed by atoms with Gasteiger partial charge in [0.05, 0.1) is 13.2 Å². The van der Waals surface area contributed by atoms with Crippen molar-refractivity contribution in [3.05, 3.63) is 12.2 Å². The minimum absolute atomic E-state index is 0.0795. The zero-order valence-corrected chi connectivity index (χ0v) is 26.2. The van der Waals surface area contributed by atoms with Crippen LogP contribution < -0.4 is 5.32 Å². The van der Waals surface area contributed by atoms with Crippen molar-refractivity contribution in [3.63, 3.8) is 0 Å². The molecule has 0 aromatic carbocycles. The highest BCUT2D eigenvalue weighted by atomic mass is 31.2. The van der Waals surface area contributed by atoms with Crippen LogP contribution in [0, 0.1) is 0 Å². The quantitative estimate of drug-likeness (QED) is 0.0362. The lowest BCUT2D eigenvalue weighted by Crippen LogP contribution is -2.27. The van der Waals surface area contributed by atoms with Crippen molar-refractivity contribution >= 4 is 19.7 Å². The average molecular weight is 592 g/mol. The fourth-order valence-electron chi connectivity index (χ4n) is 4.02. The van der Waals surface area contributed by atoms with Gasteiger partial charge >= 0.3 is 13.8 Å². The van der Waals surface area contributed by atoms with E-state index in [9.17, 15) is 24.2 Å². The number of carbonyl (C=O) groups excluding carboxylic acids is 2. The van der Waals surface area contributed by atoms with Crippen LogP contribution in [-0.2, 0) is 27.9 Å². The first kappa shape index (κ1) is 38.8. The normalized spacial score (nSPS) is 13.8. The molecule has 0 rings (SSSR count). The number of allylic oxidation sites excluding steroid dienone is 2. The molecule has 0 bridgehead atoms. The van der Waals surface area contributed by atoms with E-state index in [0.717, 1.165) is 51.4 Å². The van der Waals surface area contributed by atoms with Crippen molar-refractivity contribution in [1.82, 2.24) is 5.32 Å². The Morgan fingerprint density at radius 2 is 1.27 bits per heavy atom. The maximum Gasteiger partial charge on any atom is 0.472 e. The van der Waals surface area contributed by atoms with E-state index in [-0.39, 0.29) is 32.1 Å². The molecule has 9 nitrogen and oxygen atoms in total. The number of unbranched alkanes of at least 4 members (excludes halogenated alkanes) is 14. The Balaban J connectivity index is 3.67. The van der Waals surface area contributed by atoms with Crippen LogP contribution in [0.5, 0.6) is 0 Å². The minimum Gasteiger partial charge on any atom is -0.463 e. The van der Waals surface area contributed by atoms with Crippen molar-refractivity contribution < 1.29 is 37.9 Å². The van der Waals surface area contributed by atoms with E-state index in [4.69, 9.17) is 13.8 Å². The highest BCUT2D eigenvalue weighted by Gasteiger charge is 2.23. The monoisotopic (exact) mass is 591 g/mol. The third kappa shape index (κ3) is 28.3. The van der Waals surface area contributed by atoms with E-state index < -0.39 is 26.5 Å². The number of ether oxygens (including phenoxy) is 1. The third-order valence-electron chi connectivity index (χ3n) is 6.45. The molecule has 2 unspecified atom stereocenters. The molecule has 0 aliphatic heterocycles. The molecule has 0 spiro atoms. The molecule has 0 radical (unpaired) electrons. The first-order valence-electron chi connectivity index (χ1n) is 15.7. The van der Waals surface area contributed by atoms with Gasteiger partial charge in [0.25, 0.3) is 0 Å². The smallest absolute Gasteiger partial charge is 0.463 e. The Morgan fingerprint density at radius 1 is 0.750 bits per heavy atom. The zero-order chi connectivity index (χ0) is 29.7. The Bertz CT molecular complexity index is 689. The summed E-state index contributed by atoms with van der Waals surface area (Å²) in [7, 11) is -4.39. The topological polar surface area (TPSA) is 131 Å². The van der Waals surface area contributed by atoms with Crippen LogP contribution in [0.25, 0.3) is 0 Å². The number of carbonyl (C=O) groups is 2. The van der Waals surface area contributed by atoms with Gasteiger partial charge in [-0.25, -0.2) is 4.57 Å². The molecule has 0 heterocycles. The van der Waals surface area contributed by atoms with Crippen molar-refractivity contribution in [2.45, 2.75) is 142 Å². The predicted octanol–water partition coefficient (Wildman–Crippen LogP) is 7.15. The maximum atomic E-state index is 11.9. The predicted molar refractivity (Wildman–Crippen MR) is 160 cm³/mol. The molecule has 2 atom stereocenters. The first-order valence-corrected chi connectivity index (χ1v) is 17.2. The highest BCUT2D eigenvalue weighted by Crippen LogP contribution is 2.42. The van der Waals surface area contributed by atoms with Crippen LogP contribution in [0.2, 0.25) is 0 Å². The van der Waals surface area contributed by atoms with Crippen molar-refractivity contribution in [2.24, 2.45) is 0 Å². The summed E-state index contributed by atoms with van der Waals surface area (Å²) < 4.78 is 26.5. The molecule has 0 saturated carbocycles. The number of hydrogen-bond donors (Lipinski definition) is 3. The van der Waals surface area contributed by atoms with Crippen LogP contribution >= 0.6 is 7.82 Å². The lowest BCUT2D eigenvalue weighted by Gasteiger charge is -2.15. The molecule has 236 valence electrons. The largest absolute Gasteiger partial charge is 0.472 e. The second-order valence-electron chi connectivity index (χ2n) is 10.4. The summed E-state index contributed by atoms with van der Waals surface area (Å²) in [5, 5.41) is 12.5. The molecule has 40 heavy (non-hydrogen) atoms. The van der Waals surface area contributed by atoms with E-state index >= 15 is 0 Å². The third-order valence-corrected chi connectivity index (χ3v) is 7.43. The number of phosphoric ester groups is 1. The fraction of sp³-hybridized carbons (Fsp3) is 0.867. The number of esters is 1. The number of hydrogen-bond acceptors (Lipinski definition) is 7. The van der Waals surface area contributed by atoms with E-state index in [2.05, 4.69) is 31.3 Å². The number of nitrogens with one attached hydrogen (secondary N) is 1. The molecule has 0 fully saturated rings. The number of aliphatic hydroxyl groups excluding tert-OH is 1. The summed E-state index contributed by atoms with van der Waals surface area (Å²) in [6, 6.07) is 0. The van der Waals surface area contributed by atoms with Gasteiger partial charge in [-0.1, -0.05) is 96.6 Å². The highest BCUT2D eigenvalue weighted by molar-refractivity contribution is 7.47. The molecule has 0 aliphatic carbocycles. The number of amides is 1. The lowest BCUT2D eigenvalue weighted by atomic mass is 10.1. The van der Waals surface area contributed by atoms with Crippen LogP contribution in [-0.4, -0.2) is 54.3 Å². The standard InChI is InChI=1S/C30H58NO8P/c1-3-5-7-9-11-12-13-14-15-17-18-20-22-29(33)31-24-25-38-40(35,36)39-27-28(32)26-37-30(34)23-21-19-16-10-8-6-4-2/h11-12,28,32H,3-10,13-27H2,1-2H3,(H,31,33)(H,35,36)/b12-11-. The Kier molecular flexibility index (Phi) is 27.0. The van der Waals surface area contributed by atoms with Gasteiger partial charge in [0, 0.05) is 19.4 Å². The van der Waals surface area contributed by atoms with Crippen LogP contribution in [0.15, 0.2) is 12.2 Å². The molecular formula is C30H58NO8P. The SMILES string of the molecule is CCCCC/C=C\CCCCCCCC(=O)NCCOP(=O)(O)OCC(O)COC(=O)CCCCCCCCC. The number of phosphoric acid groups is 1. The van der Waals surface area contributed by atoms with Crippen molar-refractivity contribution in [1.29, 1.82) is 0 Å². The van der Waals surface area contributed by atoms with Crippen molar-refractivity contribution in [2.75, 3.05) is 26.4 Å². The molecule has 1 amide bonds. The summed E-state index contributed by atoms with van der Waals surface area (Å²) in [5.74, 6) is -0.534. The summed E-state index contributed by atoms with van der Waals surface area (Å²) >= 11 is 0. The molecule has 0 aromatic heterocycles. The van der Waals surface area contributed by atoms with Gasteiger partial charge < -0.3 is 20.1 Å². The maximum absolute atomic E-state index is 11.9. The van der Waals surface area contributed by atoms with Crippen LogP contribution in [0.4, 0.5) is 0 Å². The average Bonchev–Trinajstić information content (AvgIpc) is 2.93. The molecule has 0 saturated heterocycles. The van der Waals surface area contributed by atoms with Crippen LogP contribution in [0.3, 0.4) is 0 Å². The van der Waals surface area contributed by atoms with Gasteiger partial charge in [0.15, 0.2) is 0 Å². The van der Waals surface area contributed by atoms with Gasteiger partial charge in [-0.05, 0) is 38.5 Å². The number of aliphatic hydroxyl groups is 1. The Hall–Kier alpha value is -1.25. The summed E-state index contributed by atoms with van der Waals surface area (Å²) in [5.41, 5.74) is 0. The minimum atomic E-state index is -4.39. The second-order valence-corrected chi connectivity index (χ2v) is 11.9. The molecular weight excluding hydrogens is 533 g/mol. The summed E-state index contributed by atoms with van der Waals surface area (Å²) in [6.45, 7) is 3.43. The molecule has 10 heteroatoms. The molecule has 3 N–H and O–H groups in total. The lowest BCUT2D eigenvalue weighted by molar-refractivity contribution is -0.147. The first-order chi connectivity index (χ1) is 19.3. The molecule has 0 aromatic rings. The fourth-order valence-corrected chi connectivity index (χ4v) is 4.78. The van der Waals surface area contributed by atoms with Gasteiger partial charge in [-0.3, -0.25) is 18.6 Å². The second kappa shape index (κ2) is 27.9. The van der Waals surface area contributed by atoms with Gasteiger partial charge in [-0.15, -0.1) is 0 Å². The van der Waals surface area contributed by atoms with Gasteiger partial charge in [0.1, 0.15) is 12.7 Å². The summed E-state index contributed by atoms with van der Waals surface area (Å²) in [6.07, 6.45) is 23.0. The van der Waals surface area contributed by atoms with Crippen molar-refractivity contribution in [3.8, 4) is 0 Å².